The lowest BCUT2D eigenvalue weighted by Gasteiger charge is -2.14. The van der Waals surface area contributed by atoms with E-state index in [4.69, 9.17) is 0 Å². The van der Waals surface area contributed by atoms with Crippen LogP contribution in [0.4, 0.5) is 18.9 Å². The number of nitrogens with zero attached hydrogens (tertiary/aromatic N) is 3. The van der Waals surface area contributed by atoms with E-state index in [0.29, 0.717) is 11.3 Å². The van der Waals surface area contributed by atoms with Gasteiger partial charge in [-0.05, 0) is 31.5 Å². The van der Waals surface area contributed by atoms with Crippen molar-refractivity contribution in [2.75, 3.05) is 5.32 Å². The number of para-hydroxylation sites is 1. The second-order valence-electron chi connectivity index (χ2n) is 6.83. The van der Waals surface area contributed by atoms with Crippen molar-refractivity contribution < 1.29 is 18.0 Å². The van der Waals surface area contributed by atoms with Crippen molar-refractivity contribution in [3.8, 4) is 11.1 Å². The van der Waals surface area contributed by atoms with Gasteiger partial charge in [-0.1, -0.05) is 42.5 Å². The largest absolute Gasteiger partial charge is 0.418 e. The first-order valence-corrected chi connectivity index (χ1v) is 9.15. The highest BCUT2D eigenvalue weighted by Gasteiger charge is 2.33. The third kappa shape index (κ3) is 3.52. The summed E-state index contributed by atoms with van der Waals surface area (Å²) in [6, 6.07) is 14.4. The average Bonchev–Trinajstić information content (AvgIpc) is 3.02. The maximum atomic E-state index is 13.2. The third-order valence-corrected chi connectivity index (χ3v) is 4.76. The number of aromatic nitrogens is 3. The molecule has 2 aromatic heterocycles. The van der Waals surface area contributed by atoms with Crippen LogP contribution in [-0.4, -0.2) is 20.5 Å². The van der Waals surface area contributed by atoms with E-state index in [2.05, 4.69) is 15.4 Å². The molecule has 5 nitrogen and oxygen atoms in total. The monoisotopic (exact) mass is 410 g/mol. The van der Waals surface area contributed by atoms with Gasteiger partial charge >= 0.3 is 6.18 Å². The normalized spacial score (nSPS) is 11.6. The molecule has 0 spiro atoms. The fraction of sp³-hybridized carbons (Fsp3) is 0.136. The van der Waals surface area contributed by atoms with Gasteiger partial charge in [0.15, 0.2) is 5.65 Å². The van der Waals surface area contributed by atoms with Gasteiger partial charge in [0, 0.05) is 11.8 Å². The van der Waals surface area contributed by atoms with Gasteiger partial charge in [-0.2, -0.15) is 18.3 Å². The van der Waals surface area contributed by atoms with Crippen molar-refractivity contribution in [1.29, 1.82) is 0 Å². The Kier molecular flexibility index (Phi) is 4.77. The predicted molar refractivity (Wildman–Crippen MR) is 107 cm³/mol. The lowest BCUT2D eigenvalue weighted by molar-refractivity contribution is -0.136. The van der Waals surface area contributed by atoms with Crippen molar-refractivity contribution in [3.63, 3.8) is 0 Å². The van der Waals surface area contributed by atoms with E-state index >= 15 is 0 Å². The van der Waals surface area contributed by atoms with Crippen LogP contribution in [0.3, 0.4) is 0 Å². The Morgan fingerprint density at radius 3 is 2.33 bits per heavy atom. The molecule has 0 atom stereocenters. The Labute approximate surface area is 170 Å². The molecule has 0 fully saturated rings. The van der Waals surface area contributed by atoms with E-state index in [9.17, 15) is 18.0 Å². The topological polar surface area (TPSA) is 59.3 Å². The highest BCUT2D eigenvalue weighted by atomic mass is 19.4. The molecular formula is C22H17F3N4O. The molecule has 152 valence electrons. The smallest absolute Gasteiger partial charge is 0.321 e. The predicted octanol–water partition coefficient (Wildman–Crippen LogP) is 5.28. The number of rotatable bonds is 3. The summed E-state index contributed by atoms with van der Waals surface area (Å²) in [6.07, 6.45) is -3.09. The number of carbonyl (C=O) groups excluding carboxylic acids is 1. The maximum Gasteiger partial charge on any atom is 0.418 e. The minimum Gasteiger partial charge on any atom is -0.321 e. The lowest BCUT2D eigenvalue weighted by Crippen LogP contribution is -2.18. The molecule has 0 saturated carbocycles. The number of benzene rings is 2. The number of nitrogens with one attached hydrogen (secondary N) is 1. The van der Waals surface area contributed by atoms with E-state index < -0.39 is 17.6 Å². The van der Waals surface area contributed by atoms with Crippen molar-refractivity contribution in [1.82, 2.24) is 14.6 Å². The number of alkyl halides is 3. The summed E-state index contributed by atoms with van der Waals surface area (Å²) < 4.78 is 41.1. The second-order valence-corrected chi connectivity index (χ2v) is 6.83. The van der Waals surface area contributed by atoms with Crippen LogP contribution in [0.2, 0.25) is 0 Å². The van der Waals surface area contributed by atoms with Gasteiger partial charge in [0.2, 0.25) is 0 Å². The number of hydrogen-bond acceptors (Lipinski definition) is 3. The van der Waals surface area contributed by atoms with Gasteiger partial charge in [-0.15, -0.1) is 0 Å². The summed E-state index contributed by atoms with van der Waals surface area (Å²) in [5, 5.41) is 6.78. The quantitative estimate of drug-likeness (QED) is 0.500. The molecule has 0 radical (unpaired) electrons. The van der Waals surface area contributed by atoms with Gasteiger partial charge in [-0.25, -0.2) is 9.50 Å². The van der Waals surface area contributed by atoms with Gasteiger partial charge in [0.25, 0.3) is 5.91 Å². The third-order valence-electron chi connectivity index (χ3n) is 4.76. The van der Waals surface area contributed by atoms with E-state index in [1.807, 2.05) is 37.3 Å². The highest BCUT2D eigenvalue weighted by molar-refractivity contribution is 6.05. The Balaban J connectivity index is 1.75. The molecule has 0 saturated heterocycles. The zero-order valence-electron chi connectivity index (χ0n) is 16.2. The highest BCUT2D eigenvalue weighted by Crippen LogP contribution is 2.35. The molecule has 30 heavy (non-hydrogen) atoms. The number of halogens is 3. The van der Waals surface area contributed by atoms with Crippen LogP contribution in [0, 0.1) is 13.8 Å². The minimum atomic E-state index is -4.58. The molecule has 0 aliphatic carbocycles. The molecule has 1 amide bonds. The first kappa shape index (κ1) is 19.6. The van der Waals surface area contributed by atoms with Crippen molar-refractivity contribution in [2.24, 2.45) is 0 Å². The molecular weight excluding hydrogens is 393 g/mol. The molecule has 4 rings (SSSR count). The molecule has 0 unspecified atom stereocenters. The Bertz CT molecular complexity index is 1250. The van der Waals surface area contributed by atoms with Gasteiger partial charge in [0.05, 0.1) is 28.2 Å². The summed E-state index contributed by atoms with van der Waals surface area (Å²) >= 11 is 0. The zero-order valence-corrected chi connectivity index (χ0v) is 16.2. The molecule has 2 heterocycles. The fourth-order valence-electron chi connectivity index (χ4n) is 3.36. The lowest BCUT2D eigenvalue weighted by atomic mass is 10.1. The molecule has 0 aliphatic rings. The summed E-state index contributed by atoms with van der Waals surface area (Å²) in [5.41, 5.74) is 2.39. The minimum absolute atomic E-state index is 0.140. The van der Waals surface area contributed by atoms with Crippen LogP contribution in [-0.2, 0) is 6.18 Å². The number of anilines is 1. The molecule has 0 bridgehead atoms. The first-order valence-electron chi connectivity index (χ1n) is 9.15. The number of aryl methyl sites for hydroxylation is 2. The Hall–Kier alpha value is -3.68. The average molecular weight is 410 g/mol. The standard InChI is InChI=1S/C22H17F3N4O/c1-13-16(21(30)27-18-11-7-6-10-17(18)22(23,24)25)12-29-20(26-13)19(14(2)28-29)15-8-4-3-5-9-15/h3-12H,1-2H3,(H,27,30). The van der Waals surface area contributed by atoms with Crippen molar-refractivity contribution in [3.05, 3.63) is 83.3 Å². The van der Waals surface area contributed by atoms with Crippen LogP contribution < -0.4 is 5.32 Å². The number of hydrogen-bond donors (Lipinski definition) is 1. The number of carbonyl (C=O) groups is 1. The molecule has 0 aliphatic heterocycles. The Morgan fingerprint density at radius 2 is 1.63 bits per heavy atom. The van der Waals surface area contributed by atoms with Crippen LogP contribution in [0.15, 0.2) is 60.8 Å². The van der Waals surface area contributed by atoms with E-state index in [-0.39, 0.29) is 11.3 Å². The van der Waals surface area contributed by atoms with Crippen LogP contribution in [0.1, 0.15) is 27.3 Å². The van der Waals surface area contributed by atoms with E-state index in [1.165, 1.54) is 28.9 Å². The molecule has 1 N–H and O–H groups in total. The number of fused-ring (bicyclic) bond motifs is 1. The first-order chi connectivity index (χ1) is 14.3. The van der Waals surface area contributed by atoms with Gasteiger partial charge in [0.1, 0.15) is 0 Å². The summed E-state index contributed by atoms with van der Waals surface area (Å²) in [5.74, 6) is -0.687. The summed E-state index contributed by atoms with van der Waals surface area (Å²) in [6.45, 7) is 3.48. The summed E-state index contributed by atoms with van der Waals surface area (Å²) in [7, 11) is 0. The van der Waals surface area contributed by atoms with Crippen LogP contribution >= 0.6 is 0 Å². The van der Waals surface area contributed by atoms with Crippen molar-refractivity contribution >= 4 is 17.2 Å². The molecule has 4 aromatic rings. The van der Waals surface area contributed by atoms with E-state index in [1.54, 1.807) is 6.92 Å². The van der Waals surface area contributed by atoms with Gasteiger partial charge in [-0.3, -0.25) is 4.79 Å². The SMILES string of the molecule is Cc1nc2c(-c3ccccc3)c(C)nn2cc1C(=O)Nc1ccccc1C(F)(F)F. The fourth-order valence-corrected chi connectivity index (χ4v) is 3.36. The maximum absolute atomic E-state index is 13.2. The second kappa shape index (κ2) is 7.29. The number of amides is 1. The Morgan fingerprint density at radius 1 is 0.967 bits per heavy atom. The van der Waals surface area contributed by atoms with Crippen LogP contribution in [0.5, 0.6) is 0 Å². The van der Waals surface area contributed by atoms with Crippen molar-refractivity contribution in [2.45, 2.75) is 20.0 Å². The molecule has 2 aromatic carbocycles. The van der Waals surface area contributed by atoms with E-state index in [0.717, 1.165) is 22.9 Å². The van der Waals surface area contributed by atoms with Crippen LogP contribution in [0.25, 0.3) is 16.8 Å². The van der Waals surface area contributed by atoms with Gasteiger partial charge < -0.3 is 5.32 Å². The summed E-state index contributed by atoms with van der Waals surface area (Å²) in [4.78, 5) is 17.3. The molecule has 8 heteroatoms. The zero-order chi connectivity index (χ0) is 21.5.